The lowest BCUT2D eigenvalue weighted by molar-refractivity contribution is 0.0148. The van der Waals surface area contributed by atoms with Gasteiger partial charge in [0.15, 0.2) is 0 Å². The summed E-state index contributed by atoms with van der Waals surface area (Å²) < 4.78 is 10.8. The molecule has 14 heavy (non-hydrogen) atoms. The summed E-state index contributed by atoms with van der Waals surface area (Å²) in [7, 11) is 0. The summed E-state index contributed by atoms with van der Waals surface area (Å²) in [6.45, 7) is 8.53. The van der Waals surface area contributed by atoms with Crippen LogP contribution in [0.3, 0.4) is 0 Å². The molecule has 0 spiro atoms. The Balaban J connectivity index is 1.88. The zero-order valence-electron chi connectivity index (χ0n) is 8.87. The second kappa shape index (κ2) is 4.14. The molecule has 0 aromatic heterocycles. The van der Waals surface area contributed by atoms with Crippen LogP contribution in [0.4, 0.5) is 0 Å². The highest BCUT2D eigenvalue weighted by atomic mass is 16.5. The highest BCUT2D eigenvalue weighted by Gasteiger charge is 2.39. The molecule has 2 fully saturated rings. The fourth-order valence-corrected chi connectivity index (χ4v) is 2.16. The highest BCUT2D eigenvalue weighted by Crippen LogP contribution is 2.28. The summed E-state index contributed by atoms with van der Waals surface area (Å²) in [5.41, 5.74) is 6.18. The molecule has 4 heteroatoms. The molecule has 82 valence electrons. The number of hydrogen-bond donors (Lipinski definition) is 1. The smallest absolute Gasteiger partial charge is 0.0624 e. The lowest BCUT2D eigenvalue weighted by Gasteiger charge is -2.35. The number of morpholine rings is 1. The maximum Gasteiger partial charge on any atom is 0.0624 e. The van der Waals surface area contributed by atoms with Crippen molar-refractivity contribution in [2.24, 2.45) is 11.1 Å². The fraction of sp³-hybridized carbons (Fsp3) is 1.00. The van der Waals surface area contributed by atoms with Gasteiger partial charge in [-0.2, -0.15) is 0 Å². The van der Waals surface area contributed by atoms with Gasteiger partial charge in [0.2, 0.25) is 0 Å². The van der Waals surface area contributed by atoms with E-state index in [0.717, 1.165) is 39.5 Å². The molecule has 2 aliphatic rings. The fourth-order valence-electron chi connectivity index (χ4n) is 2.16. The van der Waals surface area contributed by atoms with Crippen molar-refractivity contribution in [3.8, 4) is 0 Å². The van der Waals surface area contributed by atoms with Crippen molar-refractivity contribution >= 4 is 0 Å². The van der Waals surface area contributed by atoms with Gasteiger partial charge < -0.3 is 15.2 Å². The molecular formula is C10H20N2O2. The molecular weight excluding hydrogens is 180 g/mol. The topological polar surface area (TPSA) is 47.7 Å². The standard InChI is InChI=1S/C10H20N2O2/c1-10(8-14-6-9(10)11)7-12-2-4-13-5-3-12/h9H,2-8,11H2,1H3. The van der Waals surface area contributed by atoms with E-state index in [9.17, 15) is 0 Å². The first-order chi connectivity index (χ1) is 6.71. The van der Waals surface area contributed by atoms with Gasteiger partial charge in [0.1, 0.15) is 0 Å². The van der Waals surface area contributed by atoms with Crippen molar-refractivity contribution < 1.29 is 9.47 Å². The van der Waals surface area contributed by atoms with Crippen molar-refractivity contribution in [1.29, 1.82) is 0 Å². The first kappa shape index (κ1) is 10.4. The van der Waals surface area contributed by atoms with Gasteiger partial charge >= 0.3 is 0 Å². The number of ether oxygens (including phenoxy) is 2. The summed E-state index contributed by atoms with van der Waals surface area (Å²) in [6, 6.07) is 0.186. The Kier molecular flexibility index (Phi) is 3.07. The molecule has 0 aliphatic carbocycles. The average molecular weight is 200 g/mol. The van der Waals surface area contributed by atoms with Gasteiger partial charge in [0.25, 0.3) is 0 Å². The van der Waals surface area contributed by atoms with Crippen LogP contribution in [0.25, 0.3) is 0 Å². The van der Waals surface area contributed by atoms with E-state index in [4.69, 9.17) is 15.2 Å². The molecule has 0 aromatic carbocycles. The average Bonchev–Trinajstić information content (AvgIpc) is 2.48. The Labute approximate surface area is 85.3 Å². The Bertz CT molecular complexity index is 195. The third kappa shape index (κ3) is 2.08. The normalized spacial score (nSPS) is 40.3. The van der Waals surface area contributed by atoms with Crippen LogP contribution in [-0.4, -0.2) is 57.0 Å². The Morgan fingerprint density at radius 1 is 1.36 bits per heavy atom. The zero-order valence-corrected chi connectivity index (χ0v) is 8.87. The predicted octanol–water partition coefficient (Wildman–Crippen LogP) is -0.318. The van der Waals surface area contributed by atoms with Gasteiger partial charge in [-0.25, -0.2) is 0 Å². The van der Waals surface area contributed by atoms with E-state index >= 15 is 0 Å². The largest absolute Gasteiger partial charge is 0.379 e. The molecule has 2 heterocycles. The van der Waals surface area contributed by atoms with E-state index in [-0.39, 0.29) is 11.5 Å². The molecule has 2 aliphatic heterocycles. The van der Waals surface area contributed by atoms with Crippen LogP contribution in [0.2, 0.25) is 0 Å². The molecule has 2 N–H and O–H groups in total. The van der Waals surface area contributed by atoms with Crippen molar-refractivity contribution in [2.75, 3.05) is 46.1 Å². The van der Waals surface area contributed by atoms with Gasteiger partial charge in [-0.3, -0.25) is 4.90 Å². The minimum absolute atomic E-state index is 0.136. The van der Waals surface area contributed by atoms with Gasteiger partial charge in [0, 0.05) is 31.1 Å². The highest BCUT2D eigenvalue weighted by molar-refractivity contribution is 4.92. The number of nitrogens with zero attached hydrogens (tertiary/aromatic N) is 1. The maximum atomic E-state index is 6.05. The van der Waals surface area contributed by atoms with Crippen LogP contribution in [0.5, 0.6) is 0 Å². The minimum Gasteiger partial charge on any atom is -0.379 e. The lowest BCUT2D eigenvalue weighted by Crippen LogP contribution is -2.49. The molecule has 0 aromatic rings. The van der Waals surface area contributed by atoms with Crippen molar-refractivity contribution in [1.82, 2.24) is 4.90 Å². The molecule has 2 rings (SSSR count). The van der Waals surface area contributed by atoms with E-state index < -0.39 is 0 Å². The zero-order chi connectivity index (χ0) is 10.0. The molecule has 2 saturated heterocycles. The first-order valence-corrected chi connectivity index (χ1v) is 5.34. The number of hydrogen-bond acceptors (Lipinski definition) is 4. The van der Waals surface area contributed by atoms with Crippen LogP contribution in [-0.2, 0) is 9.47 Å². The van der Waals surface area contributed by atoms with E-state index in [0.29, 0.717) is 6.61 Å². The molecule has 4 nitrogen and oxygen atoms in total. The van der Waals surface area contributed by atoms with E-state index in [2.05, 4.69) is 11.8 Å². The summed E-state index contributed by atoms with van der Waals surface area (Å²) in [6.07, 6.45) is 0. The van der Waals surface area contributed by atoms with Gasteiger partial charge in [-0.05, 0) is 0 Å². The van der Waals surface area contributed by atoms with Crippen LogP contribution < -0.4 is 5.73 Å². The van der Waals surface area contributed by atoms with Crippen molar-refractivity contribution in [3.05, 3.63) is 0 Å². The summed E-state index contributed by atoms with van der Waals surface area (Å²) in [5.74, 6) is 0. The Morgan fingerprint density at radius 2 is 2.07 bits per heavy atom. The Hall–Kier alpha value is -0.160. The second-order valence-electron chi connectivity index (χ2n) is 4.66. The lowest BCUT2D eigenvalue weighted by atomic mass is 9.85. The van der Waals surface area contributed by atoms with Crippen LogP contribution in [0.1, 0.15) is 6.92 Å². The third-order valence-electron chi connectivity index (χ3n) is 3.31. The Morgan fingerprint density at radius 3 is 2.64 bits per heavy atom. The summed E-state index contributed by atoms with van der Waals surface area (Å²) >= 11 is 0. The number of rotatable bonds is 2. The SMILES string of the molecule is CC1(CN2CCOCC2)COCC1N. The molecule has 2 atom stereocenters. The summed E-state index contributed by atoms with van der Waals surface area (Å²) in [4.78, 5) is 2.43. The second-order valence-corrected chi connectivity index (χ2v) is 4.66. The quantitative estimate of drug-likeness (QED) is 0.664. The minimum atomic E-state index is 0.136. The van der Waals surface area contributed by atoms with Crippen LogP contribution >= 0.6 is 0 Å². The number of nitrogens with two attached hydrogens (primary N) is 1. The van der Waals surface area contributed by atoms with Gasteiger partial charge in [0.05, 0.1) is 26.4 Å². The van der Waals surface area contributed by atoms with Crippen molar-refractivity contribution in [2.45, 2.75) is 13.0 Å². The van der Waals surface area contributed by atoms with Crippen LogP contribution in [0, 0.1) is 5.41 Å². The van der Waals surface area contributed by atoms with E-state index in [1.165, 1.54) is 0 Å². The summed E-state index contributed by atoms with van der Waals surface area (Å²) in [5, 5.41) is 0. The molecule has 0 bridgehead atoms. The molecule has 0 saturated carbocycles. The van der Waals surface area contributed by atoms with Gasteiger partial charge in [-0.15, -0.1) is 0 Å². The predicted molar refractivity (Wildman–Crippen MR) is 54.2 cm³/mol. The van der Waals surface area contributed by atoms with Crippen LogP contribution in [0.15, 0.2) is 0 Å². The van der Waals surface area contributed by atoms with Gasteiger partial charge in [-0.1, -0.05) is 6.92 Å². The maximum absolute atomic E-state index is 6.05. The molecule has 0 radical (unpaired) electrons. The molecule has 0 amide bonds. The molecule has 2 unspecified atom stereocenters. The monoisotopic (exact) mass is 200 g/mol. The van der Waals surface area contributed by atoms with Crippen molar-refractivity contribution in [3.63, 3.8) is 0 Å². The first-order valence-electron chi connectivity index (χ1n) is 5.34. The third-order valence-corrected chi connectivity index (χ3v) is 3.31. The van der Waals surface area contributed by atoms with E-state index in [1.54, 1.807) is 0 Å². The van der Waals surface area contributed by atoms with E-state index in [1.807, 2.05) is 0 Å².